The molecule has 0 fully saturated rings. The number of benzene rings is 3. The highest BCUT2D eigenvalue weighted by molar-refractivity contribution is 7.89. The number of amides is 2. The van der Waals surface area contributed by atoms with Crippen molar-refractivity contribution in [3.63, 3.8) is 0 Å². The van der Waals surface area contributed by atoms with E-state index in [1.165, 1.54) is 0 Å². The van der Waals surface area contributed by atoms with Crippen LogP contribution in [0.5, 0.6) is 0 Å². The summed E-state index contributed by atoms with van der Waals surface area (Å²) in [5.41, 5.74) is 10.1. The number of aryl methyl sites for hydroxylation is 3. The molecule has 0 spiro atoms. The summed E-state index contributed by atoms with van der Waals surface area (Å²) in [5, 5.41) is 12.2. The van der Waals surface area contributed by atoms with Crippen molar-refractivity contribution in [3.05, 3.63) is 82.9 Å². The molecule has 0 saturated heterocycles. The van der Waals surface area contributed by atoms with E-state index in [9.17, 15) is 23.1 Å². The zero-order chi connectivity index (χ0) is 25.0. The lowest BCUT2D eigenvalue weighted by atomic mass is 10.0. The van der Waals surface area contributed by atoms with Crippen molar-refractivity contribution in [3.8, 4) is 11.1 Å². The van der Waals surface area contributed by atoms with Gasteiger partial charge in [-0.05, 0) is 67.1 Å². The number of sulfonamides is 1. The molecule has 0 saturated carbocycles. The SMILES string of the molecule is Cc1cc(C)c(S(=O)(=O)NC(Cc2ccc(-c3cccc(NC(N)=O)c3)cc2)C(=O)O)c(C)c1. The van der Waals surface area contributed by atoms with E-state index in [1.807, 2.05) is 13.0 Å². The van der Waals surface area contributed by atoms with Gasteiger partial charge in [0, 0.05) is 5.69 Å². The van der Waals surface area contributed by atoms with Crippen LogP contribution in [-0.2, 0) is 21.2 Å². The van der Waals surface area contributed by atoms with Gasteiger partial charge in [-0.3, -0.25) is 4.79 Å². The molecule has 3 rings (SSSR count). The molecule has 8 nitrogen and oxygen atoms in total. The standard InChI is InChI=1S/C25H27N3O5S/c1-15-11-16(2)23(17(3)12-15)34(32,33)28-22(24(29)30)13-18-7-9-19(10-8-18)20-5-4-6-21(14-20)27-25(26)31/h4-12,14,22,28H,13H2,1-3H3,(H,29,30)(H3,26,27,31). The lowest BCUT2D eigenvalue weighted by Gasteiger charge is -2.18. The lowest BCUT2D eigenvalue weighted by molar-refractivity contribution is -0.138. The molecule has 34 heavy (non-hydrogen) atoms. The molecule has 3 aromatic rings. The molecule has 0 bridgehead atoms. The number of aliphatic carboxylic acids is 1. The minimum absolute atomic E-state index is 0.0257. The average molecular weight is 482 g/mol. The molecule has 3 aromatic carbocycles. The van der Waals surface area contributed by atoms with Gasteiger partial charge in [0.25, 0.3) is 0 Å². The molecule has 9 heteroatoms. The van der Waals surface area contributed by atoms with Crippen LogP contribution in [0.3, 0.4) is 0 Å². The van der Waals surface area contributed by atoms with Gasteiger partial charge in [0.05, 0.1) is 4.90 Å². The van der Waals surface area contributed by atoms with E-state index in [4.69, 9.17) is 5.73 Å². The Morgan fingerprint density at radius 3 is 2.12 bits per heavy atom. The highest BCUT2D eigenvalue weighted by atomic mass is 32.2. The van der Waals surface area contributed by atoms with Gasteiger partial charge in [-0.15, -0.1) is 0 Å². The molecule has 2 amide bonds. The van der Waals surface area contributed by atoms with Crippen LogP contribution in [0.15, 0.2) is 65.6 Å². The summed E-state index contributed by atoms with van der Waals surface area (Å²) in [6, 6.07) is 15.7. The van der Waals surface area contributed by atoms with Crippen molar-refractivity contribution < 1.29 is 23.1 Å². The van der Waals surface area contributed by atoms with Crippen LogP contribution in [-0.4, -0.2) is 31.6 Å². The Labute approximate surface area is 198 Å². The summed E-state index contributed by atoms with van der Waals surface area (Å²) in [5.74, 6) is -1.26. The van der Waals surface area contributed by atoms with Crippen LogP contribution in [0.4, 0.5) is 10.5 Å². The predicted octanol–water partition coefficient (Wildman–Crippen LogP) is 3.74. The first-order valence-corrected chi connectivity index (χ1v) is 12.0. The zero-order valence-corrected chi connectivity index (χ0v) is 19.9. The molecule has 5 N–H and O–H groups in total. The summed E-state index contributed by atoms with van der Waals surface area (Å²) in [6.45, 7) is 5.26. The van der Waals surface area contributed by atoms with Gasteiger partial charge < -0.3 is 16.2 Å². The van der Waals surface area contributed by atoms with E-state index < -0.39 is 28.1 Å². The second kappa shape index (κ2) is 10.1. The van der Waals surface area contributed by atoms with E-state index >= 15 is 0 Å². The van der Waals surface area contributed by atoms with Crippen molar-refractivity contribution in [2.75, 3.05) is 5.32 Å². The first-order chi connectivity index (χ1) is 16.0. The Kier molecular flexibility index (Phi) is 7.38. The molecule has 0 aliphatic carbocycles. The maximum atomic E-state index is 13.0. The van der Waals surface area contributed by atoms with Gasteiger partial charge in [0.15, 0.2) is 0 Å². The number of nitrogens with one attached hydrogen (secondary N) is 2. The first kappa shape index (κ1) is 24.9. The highest BCUT2D eigenvalue weighted by Gasteiger charge is 2.28. The third-order valence-corrected chi connectivity index (χ3v) is 7.10. The summed E-state index contributed by atoms with van der Waals surface area (Å²) in [4.78, 5) is 23.1. The van der Waals surface area contributed by atoms with Gasteiger partial charge >= 0.3 is 12.0 Å². The molecule has 0 heterocycles. The van der Waals surface area contributed by atoms with Gasteiger partial charge in [0.2, 0.25) is 10.0 Å². The number of rotatable bonds is 8. The summed E-state index contributed by atoms with van der Waals surface area (Å²) in [6.07, 6.45) is -0.0257. The smallest absolute Gasteiger partial charge is 0.322 e. The van der Waals surface area contributed by atoms with Crippen molar-refractivity contribution in [2.24, 2.45) is 5.73 Å². The molecule has 0 aromatic heterocycles. The fourth-order valence-electron chi connectivity index (χ4n) is 4.00. The van der Waals surface area contributed by atoms with E-state index in [0.29, 0.717) is 22.4 Å². The first-order valence-electron chi connectivity index (χ1n) is 10.5. The fraction of sp³-hybridized carbons (Fsp3) is 0.200. The van der Waals surface area contributed by atoms with Crippen molar-refractivity contribution in [2.45, 2.75) is 38.1 Å². The fourth-order valence-corrected chi connectivity index (χ4v) is 5.65. The zero-order valence-electron chi connectivity index (χ0n) is 19.1. The number of hydrogen-bond acceptors (Lipinski definition) is 4. The Bertz CT molecular complexity index is 1310. The Balaban J connectivity index is 1.81. The molecular weight excluding hydrogens is 454 g/mol. The quantitative estimate of drug-likeness (QED) is 0.388. The van der Waals surface area contributed by atoms with Crippen LogP contribution in [0, 0.1) is 20.8 Å². The Hall–Kier alpha value is -3.69. The average Bonchev–Trinajstić information content (AvgIpc) is 2.72. The van der Waals surface area contributed by atoms with E-state index in [1.54, 1.807) is 68.4 Å². The summed E-state index contributed by atoms with van der Waals surface area (Å²) >= 11 is 0. The molecular formula is C25H27N3O5S. The number of carboxylic acids is 1. The van der Waals surface area contributed by atoms with Crippen LogP contribution in [0.1, 0.15) is 22.3 Å². The molecule has 0 aliphatic rings. The number of carboxylic acid groups (broad SMARTS) is 1. The number of anilines is 1. The Morgan fingerprint density at radius 1 is 0.941 bits per heavy atom. The van der Waals surface area contributed by atoms with Gasteiger partial charge in [-0.1, -0.05) is 54.1 Å². The third-order valence-electron chi connectivity index (χ3n) is 5.33. The van der Waals surface area contributed by atoms with Crippen LogP contribution >= 0.6 is 0 Å². The largest absolute Gasteiger partial charge is 0.480 e. The Morgan fingerprint density at radius 2 is 1.56 bits per heavy atom. The number of hydrogen-bond donors (Lipinski definition) is 4. The number of carbonyl (C=O) groups is 2. The van der Waals surface area contributed by atoms with Crippen LogP contribution in [0.25, 0.3) is 11.1 Å². The monoisotopic (exact) mass is 481 g/mol. The van der Waals surface area contributed by atoms with Crippen molar-refractivity contribution in [1.82, 2.24) is 4.72 Å². The molecule has 1 atom stereocenters. The van der Waals surface area contributed by atoms with Crippen molar-refractivity contribution in [1.29, 1.82) is 0 Å². The van der Waals surface area contributed by atoms with E-state index in [-0.39, 0.29) is 11.3 Å². The second-order valence-corrected chi connectivity index (χ2v) is 9.86. The van der Waals surface area contributed by atoms with Crippen LogP contribution in [0.2, 0.25) is 0 Å². The second-order valence-electron chi connectivity index (χ2n) is 8.21. The molecule has 1 unspecified atom stereocenters. The number of carbonyl (C=O) groups excluding carboxylic acids is 1. The molecule has 0 radical (unpaired) electrons. The normalized spacial score (nSPS) is 12.2. The van der Waals surface area contributed by atoms with E-state index in [2.05, 4.69) is 10.0 Å². The topological polar surface area (TPSA) is 139 Å². The third kappa shape index (κ3) is 6.00. The van der Waals surface area contributed by atoms with Crippen molar-refractivity contribution >= 4 is 27.7 Å². The van der Waals surface area contributed by atoms with Crippen LogP contribution < -0.4 is 15.8 Å². The summed E-state index contributed by atoms with van der Waals surface area (Å²) < 4.78 is 28.4. The van der Waals surface area contributed by atoms with Gasteiger partial charge in [0.1, 0.15) is 6.04 Å². The minimum Gasteiger partial charge on any atom is -0.480 e. The molecule has 178 valence electrons. The van der Waals surface area contributed by atoms with Gasteiger partial charge in [-0.25, -0.2) is 13.2 Å². The number of nitrogens with two attached hydrogens (primary N) is 1. The lowest BCUT2D eigenvalue weighted by Crippen LogP contribution is -2.42. The highest BCUT2D eigenvalue weighted by Crippen LogP contribution is 2.25. The number of primary amides is 1. The van der Waals surface area contributed by atoms with Gasteiger partial charge in [-0.2, -0.15) is 4.72 Å². The number of urea groups is 1. The maximum Gasteiger partial charge on any atom is 0.322 e. The predicted molar refractivity (Wildman–Crippen MR) is 131 cm³/mol. The minimum atomic E-state index is -4.04. The summed E-state index contributed by atoms with van der Waals surface area (Å²) in [7, 11) is -4.04. The molecule has 0 aliphatic heterocycles. The maximum absolute atomic E-state index is 13.0. The van der Waals surface area contributed by atoms with E-state index in [0.717, 1.165) is 16.7 Å².